The van der Waals surface area contributed by atoms with E-state index in [0.717, 1.165) is 18.5 Å². The molecule has 1 rings (SSSR count). The standard InChI is InChI=1S/C11H12N2S/c1-3-4-9(2)13-7-11-5-10(6-12)8-14-11/h1,5,8-9,13H,4,7H2,2H3. The molecule has 1 N–H and O–H groups in total. The van der Waals surface area contributed by atoms with E-state index >= 15 is 0 Å². The number of nitriles is 1. The van der Waals surface area contributed by atoms with Gasteiger partial charge in [0, 0.05) is 29.3 Å². The Kier molecular flexibility index (Phi) is 4.19. The molecule has 72 valence electrons. The predicted molar refractivity (Wildman–Crippen MR) is 58.8 cm³/mol. The van der Waals surface area contributed by atoms with E-state index in [-0.39, 0.29) is 0 Å². The summed E-state index contributed by atoms with van der Waals surface area (Å²) in [5.74, 6) is 2.61. The van der Waals surface area contributed by atoms with Crippen LogP contribution < -0.4 is 5.32 Å². The number of hydrogen-bond donors (Lipinski definition) is 1. The monoisotopic (exact) mass is 204 g/mol. The van der Waals surface area contributed by atoms with Gasteiger partial charge in [-0.1, -0.05) is 0 Å². The van der Waals surface area contributed by atoms with E-state index in [0.29, 0.717) is 6.04 Å². The molecule has 0 aliphatic carbocycles. The molecule has 3 heteroatoms. The van der Waals surface area contributed by atoms with Gasteiger partial charge in [-0.15, -0.1) is 23.7 Å². The summed E-state index contributed by atoms with van der Waals surface area (Å²) in [6.07, 6.45) is 5.93. The van der Waals surface area contributed by atoms with Crippen molar-refractivity contribution in [1.82, 2.24) is 5.32 Å². The Hall–Kier alpha value is -1.29. The van der Waals surface area contributed by atoms with Crippen molar-refractivity contribution >= 4 is 11.3 Å². The van der Waals surface area contributed by atoms with Crippen molar-refractivity contribution in [3.8, 4) is 18.4 Å². The van der Waals surface area contributed by atoms with Crippen LogP contribution in [0.15, 0.2) is 11.4 Å². The molecule has 0 spiro atoms. The molecule has 0 radical (unpaired) electrons. The Bertz CT molecular complexity index is 367. The van der Waals surface area contributed by atoms with Crippen molar-refractivity contribution in [2.45, 2.75) is 25.9 Å². The summed E-state index contributed by atoms with van der Waals surface area (Å²) in [5, 5.41) is 13.8. The first-order chi connectivity index (χ1) is 6.76. The molecule has 0 bridgehead atoms. The molecule has 2 nitrogen and oxygen atoms in total. The normalized spacial score (nSPS) is 11.6. The first-order valence-corrected chi connectivity index (χ1v) is 5.28. The van der Waals surface area contributed by atoms with Gasteiger partial charge in [-0.25, -0.2) is 0 Å². The molecule has 14 heavy (non-hydrogen) atoms. The van der Waals surface area contributed by atoms with Gasteiger partial charge in [0.05, 0.1) is 5.56 Å². The van der Waals surface area contributed by atoms with E-state index in [1.807, 2.05) is 11.4 Å². The summed E-state index contributed by atoms with van der Waals surface area (Å²) in [5.41, 5.74) is 0.733. The summed E-state index contributed by atoms with van der Waals surface area (Å²) in [4.78, 5) is 1.17. The Labute approximate surface area is 88.6 Å². The molecule has 0 fully saturated rings. The molecular weight excluding hydrogens is 192 g/mol. The Morgan fingerprint density at radius 3 is 3.07 bits per heavy atom. The van der Waals surface area contributed by atoms with Crippen LogP contribution in [0, 0.1) is 23.7 Å². The van der Waals surface area contributed by atoms with Crippen LogP contribution in [-0.2, 0) is 6.54 Å². The summed E-state index contributed by atoms with van der Waals surface area (Å²) >= 11 is 1.60. The number of rotatable bonds is 4. The van der Waals surface area contributed by atoms with Crippen molar-refractivity contribution in [2.24, 2.45) is 0 Å². The van der Waals surface area contributed by atoms with Gasteiger partial charge in [0.15, 0.2) is 0 Å². The van der Waals surface area contributed by atoms with E-state index in [1.54, 1.807) is 11.3 Å². The predicted octanol–water partition coefficient (Wildman–Crippen LogP) is 2.12. The minimum absolute atomic E-state index is 0.327. The number of terminal acetylenes is 1. The van der Waals surface area contributed by atoms with Crippen molar-refractivity contribution in [1.29, 1.82) is 5.26 Å². The van der Waals surface area contributed by atoms with Crippen LogP contribution in [0.5, 0.6) is 0 Å². The van der Waals surface area contributed by atoms with E-state index in [2.05, 4.69) is 24.2 Å². The average molecular weight is 204 g/mol. The molecule has 0 saturated heterocycles. The van der Waals surface area contributed by atoms with Crippen LogP contribution >= 0.6 is 11.3 Å². The van der Waals surface area contributed by atoms with Gasteiger partial charge >= 0.3 is 0 Å². The fraction of sp³-hybridized carbons (Fsp3) is 0.364. The van der Waals surface area contributed by atoms with E-state index in [1.165, 1.54) is 4.88 Å². The van der Waals surface area contributed by atoms with Crippen molar-refractivity contribution in [3.05, 3.63) is 21.9 Å². The second-order valence-corrected chi connectivity index (χ2v) is 4.10. The molecule has 1 atom stereocenters. The third-order valence-corrected chi connectivity index (χ3v) is 2.77. The van der Waals surface area contributed by atoms with Crippen molar-refractivity contribution in [3.63, 3.8) is 0 Å². The maximum absolute atomic E-state index is 8.62. The molecule has 1 aromatic rings. The zero-order chi connectivity index (χ0) is 10.4. The highest BCUT2D eigenvalue weighted by atomic mass is 32.1. The zero-order valence-electron chi connectivity index (χ0n) is 8.08. The van der Waals surface area contributed by atoms with Gasteiger partial charge in [-0.3, -0.25) is 0 Å². The molecule has 0 aromatic carbocycles. The van der Waals surface area contributed by atoms with E-state index in [9.17, 15) is 0 Å². The third-order valence-electron chi connectivity index (χ3n) is 1.83. The lowest BCUT2D eigenvalue weighted by atomic mass is 10.2. The summed E-state index contributed by atoms with van der Waals surface area (Å²) in [6.45, 7) is 2.84. The number of hydrogen-bond acceptors (Lipinski definition) is 3. The summed E-state index contributed by atoms with van der Waals surface area (Å²) in [6, 6.07) is 4.34. The van der Waals surface area contributed by atoms with Crippen molar-refractivity contribution < 1.29 is 0 Å². The highest BCUT2D eigenvalue weighted by Gasteiger charge is 2.01. The number of thiophene rings is 1. The highest BCUT2D eigenvalue weighted by molar-refractivity contribution is 7.10. The molecule has 1 heterocycles. The Morgan fingerprint density at radius 1 is 1.71 bits per heavy atom. The average Bonchev–Trinajstić information content (AvgIpc) is 2.63. The minimum atomic E-state index is 0.327. The molecule has 0 saturated carbocycles. The van der Waals surface area contributed by atoms with Crippen LogP contribution in [-0.4, -0.2) is 6.04 Å². The fourth-order valence-corrected chi connectivity index (χ4v) is 1.82. The van der Waals surface area contributed by atoms with Gasteiger partial charge in [0.1, 0.15) is 6.07 Å². The molecule has 1 unspecified atom stereocenters. The van der Waals surface area contributed by atoms with Crippen molar-refractivity contribution in [2.75, 3.05) is 0 Å². The van der Waals surface area contributed by atoms with Crippen LogP contribution in [0.1, 0.15) is 23.8 Å². The zero-order valence-corrected chi connectivity index (χ0v) is 8.90. The number of nitrogens with zero attached hydrogens (tertiary/aromatic N) is 1. The van der Waals surface area contributed by atoms with Crippen LogP contribution in [0.3, 0.4) is 0 Å². The Balaban J connectivity index is 2.39. The smallest absolute Gasteiger partial charge is 0.100 e. The third kappa shape index (κ3) is 3.22. The molecule has 0 aliphatic rings. The quantitative estimate of drug-likeness (QED) is 0.763. The Morgan fingerprint density at radius 2 is 2.50 bits per heavy atom. The van der Waals surface area contributed by atoms with E-state index < -0.39 is 0 Å². The fourth-order valence-electron chi connectivity index (χ4n) is 1.06. The first kappa shape index (κ1) is 10.8. The lowest BCUT2D eigenvalue weighted by Crippen LogP contribution is -2.24. The van der Waals surface area contributed by atoms with Gasteiger partial charge in [0.2, 0.25) is 0 Å². The van der Waals surface area contributed by atoms with Crippen LogP contribution in [0.25, 0.3) is 0 Å². The second-order valence-electron chi connectivity index (χ2n) is 3.10. The van der Waals surface area contributed by atoms with Crippen LogP contribution in [0.2, 0.25) is 0 Å². The maximum Gasteiger partial charge on any atom is 0.100 e. The maximum atomic E-state index is 8.62. The molecule has 0 amide bonds. The molecular formula is C11H12N2S. The van der Waals surface area contributed by atoms with Gasteiger partial charge in [-0.05, 0) is 13.0 Å². The summed E-state index contributed by atoms with van der Waals surface area (Å²) < 4.78 is 0. The summed E-state index contributed by atoms with van der Waals surface area (Å²) in [7, 11) is 0. The van der Waals surface area contributed by atoms with Gasteiger partial charge < -0.3 is 5.32 Å². The topological polar surface area (TPSA) is 35.8 Å². The van der Waals surface area contributed by atoms with Gasteiger partial charge in [-0.2, -0.15) is 5.26 Å². The lowest BCUT2D eigenvalue weighted by Gasteiger charge is -2.08. The van der Waals surface area contributed by atoms with Gasteiger partial charge in [0.25, 0.3) is 0 Å². The SMILES string of the molecule is C#CCC(C)NCc1cc(C#N)cs1. The molecule has 0 aliphatic heterocycles. The number of nitrogens with one attached hydrogen (secondary N) is 1. The highest BCUT2D eigenvalue weighted by Crippen LogP contribution is 2.13. The van der Waals surface area contributed by atoms with E-state index in [4.69, 9.17) is 11.7 Å². The second kappa shape index (κ2) is 5.44. The lowest BCUT2D eigenvalue weighted by molar-refractivity contribution is 0.563. The largest absolute Gasteiger partial charge is 0.308 e. The van der Waals surface area contributed by atoms with Crippen LogP contribution in [0.4, 0.5) is 0 Å². The first-order valence-electron chi connectivity index (χ1n) is 4.40. The molecule has 1 aromatic heterocycles. The minimum Gasteiger partial charge on any atom is -0.308 e.